The van der Waals surface area contributed by atoms with Crippen molar-refractivity contribution in [3.63, 3.8) is 0 Å². The van der Waals surface area contributed by atoms with Crippen LogP contribution < -0.4 is 4.74 Å². The average Bonchev–Trinajstić information content (AvgIpc) is 3.00. The first-order valence-electron chi connectivity index (χ1n) is 10.4. The number of ether oxygens (including phenoxy) is 2. The van der Waals surface area contributed by atoms with Crippen molar-refractivity contribution in [3.8, 4) is 5.75 Å². The predicted molar refractivity (Wildman–Crippen MR) is 116 cm³/mol. The van der Waals surface area contributed by atoms with E-state index in [2.05, 4.69) is 32.1 Å². The van der Waals surface area contributed by atoms with Gasteiger partial charge in [0, 0.05) is 23.8 Å². The lowest BCUT2D eigenvalue weighted by atomic mass is 9.86. The van der Waals surface area contributed by atoms with Crippen molar-refractivity contribution in [1.82, 2.24) is 0 Å². The minimum absolute atomic E-state index is 0.279. The van der Waals surface area contributed by atoms with Crippen molar-refractivity contribution >= 4 is 11.6 Å². The summed E-state index contributed by atoms with van der Waals surface area (Å²) in [5.41, 5.74) is 1.68. The second-order valence-electron chi connectivity index (χ2n) is 8.05. The van der Waals surface area contributed by atoms with Crippen LogP contribution in [-0.4, -0.2) is 25.3 Å². The number of hydrogen-bond donors (Lipinski definition) is 0. The molecular weight excluding hydrogens is 376 g/mol. The fourth-order valence-corrected chi connectivity index (χ4v) is 4.15. The van der Waals surface area contributed by atoms with Gasteiger partial charge in [-0.1, -0.05) is 68.5 Å². The van der Waals surface area contributed by atoms with Crippen molar-refractivity contribution in [1.29, 1.82) is 0 Å². The van der Waals surface area contributed by atoms with Gasteiger partial charge < -0.3 is 9.47 Å². The van der Waals surface area contributed by atoms with Crippen LogP contribution in [0.25, 0.3) is 0 Å². The molecule has 0 radical (unpaired) electrons. The van der Waals surface area contributed by atoms with E-state index >= 15 is 0 Å². The first-order valence-corrected chi connectivity index (χ1v) is 10.4. The summed E-state index contributed by atoms with van der Waals surface area (Å²) in [4.78, 5) is 26.8. The van der Waals surface area contributed by atoms with E-state index in [0.29, 0.717) is 29.0 Å². The van der Waals surface area contributed by atoms with E-state index in [4.69, 9.17) is 9.47 Å². The largest absolute Gasteiger partial charge is 0.488 e. The number of methoxy groups -OCH3 is 1. The average molecular weight is 402 g/mol. The molecule has 2 aliphatic carbocycles. The molecule has 0 spiro atoms. The maximum atomic E-state index is 13.4. The van der Waals surface area contributed by atoms with Gasteiger partial charge >= 0.3 is 0 Å². The minimum atomic E-state index is -1.72. The molecular formula is C26H26O4. The molecule has 0 heterocycles. The Balaban J connectivity index is 1.80. The Morgan fingerprint density at radius 1 is 1.00 bits per heavy atom. The molecule has 2 aromatic carbocycles. The highest BCUT2D eigenvalue weighted by atomic mass is 16.5. The second-order valence-corrected chi connectivity index (χ2v) is 8.05. The zero-order chi connectivity index (χ0) is 21.3. The Morgan fingerprint density at radius 3 is 2.27 bits per heavy atom. The Morgan fingerprint density at radius 2 is 1.70 bits per heavy atom. The highest BCUT2D eigenvalue weighted by molar-refractivity contribution is 6.32. The molecule has 0 N–H and O–H groups in total. The van der Waals surface area contributed by atoms with Crippen molar-refractivity contribution in [2.45, 2.75) is 38.2 Å². The lowest BCUT2D eigenvalue weighted by Gasteiger charge is -2.28. The molecule has 4 heteroatoms. The van der Waals surface area contributed by atoms with Crippen LogP contribution in [0.2, 0.25) is 0 Å². The third-order valence-electron chi connectivity index (χ3n) is 5.88. The summed E-state index contributed by atoms with van der Waals surface area (Å²) in [6.07, 6.45) is 8.36. The summed E-state index contributed by atoms with van der Waals surface area (Å²) in [5.74, 6) is 0.104. The van der Waals surface area contributed by atoms with Crippen LogP contribution in [0.15, 0.2) is 66.3 Å². The first-order chi connectivity index (χ1) is 14.5. The Hall–Kier alpha value is -2.98. The molecule has 4 rings (SSSR count). The van der Waals surface area contributed by atoms with Gasteiger partial charge in [-0.3, -0.25) is 9.59 Å². The molecule has 0 atom stereocenters. The standard InChI is InChI=1S/C26H26O4/c1-17(2)19-13-14-22(23(15-19)30-16-18-9-5-4-6-10-18)26(29-3)24(27)20-11-7-8-12-21(20)25(26)28/h5,7-15,17H,4,6,16H2,1-3H3. The van der Waals surface area contributed by atoms with E-state index in [9.17, 15) is 9.59 Å². The fraction of sp³-hybridized carbons (Fsp3) is 0.308. The second kappa shape index (κ2) is 8.04. The van der Waals surface area contributed by atoms with Gasteiger partial charge in [0.1, 0.15) is 12.4 Å². The van der Waals surface area contributed by atoms with Gasteiger partial charge in [0.25, 0.3) is 0 Å². The lowest BCUT2D eigenvalue weighted by Crippen LogP contribution is -2.40. The molecule has 154 valence electrons. The van der Waals surface area contributed by atoms with Gasteiger partial charge in [-0.15, -0.1) is 0 Å². The maximum absolute atomic E-state index is 13.4. The topological polar surface area (TPSA) is 52.6 Å². The summed E-state index contributed by atoms with van der Waals surface area (Å²) >= 11 is 0. The SMILES string of the molecule is COC1(c2ccc(C(C)C)cc2OCC2=CCCC=C2)C(=O)c2ccccc2C1=O. The smallest absolute Gasteiger partial charge is 0.222 e. The van der Waals surface area contributed by atoms with Gasteiger partial charge in [0.05, 0.1) is 0 Å². The highest BCUT2D eigenvalue weighted by Crippen LogP contribution is 2.44. The lowest BCUT2D eigenvalue weighted by molar-refractivity contribution is 0.00905. The number of Topliss-reactive ketones (excluding diaryl/α,β-unsaturated/α-hetero) is 2. The summed E-state index contributed by atoms with van der Waals surface area (Å²) in [6, 6.07) is 12.6. The first kappa shape index (κ1) is 20.3. The summed E-state index contributed by atoms with van der Waals surface area (Å²) in [5, 5.41) is 0. The van der Waals surface area contributed by atoms with Crippen LogP contribution in [-0.2, 0) is 10.3 Å². The number of carbonyl (C=O) groups is 2. The van der Waals surface area contributed by atoms with E-state index in [1.807, 2.05) is 12.1 Å². The molecule has 2 aromatic rings. The summed E-state index contributed by atoms with van der Waals surface area (Å²) in [6.45, 7) is 4.57. The molecule has 0 saturated heterocycles. The highest BCUT2D eigenvalue weighted by Gasteiger charge is 2.56. The van der Waals surface area contributed by atoms with Crippen LogP contribution in [0.1, 0.15) is 64.4 Å². The van der Waals surface area contributed by atoms with Crippen LogP contribution in [0.4, 0.5) is 0 Å². The van der Waals surface area contributed by atoms with Crippen LogP contribution in [0.3, 0.4) is 0 Å². The van der Waals surface area contributed by atoms with Gasteiger partial charge in [-0.2, -0.15) is 0 Å². The minimum Gasteiger partial charge on any atom is -0.488 e. The molecule has 30 heavy (non-hydrogen) atoms. The zero-order valence-corrected chi connectivity index (χ0v) is 17.6. The molecule has 0 fully saturated rings. The number of allylic oxidation sites excluding steroid dienone is 2. The van der Waals surface area contributed by atoms with E-state index in [-0.39, 0.29) is 17.5 Å². The molecule has 4 nitrogen and oxygen atoms in total. The number of fused-ring (bicyclic) bond motifs is 1. The summed E-state index contributed by atoms with van der Waals surface area (Å²) < 4.78 is 11.9. The Labute approximate surface area is 177 Å². The zero-order valence-electron chi connectivity index (χ0n) is 17.6. The number of benzene rings is 2. The van der Waals surface area contributed by atoms with Crippen LogP contribution >= 0.6 is 0 Å². The number of hydrogen-bond acceptors (Lipinski definition) is 4. The Kier molecular flexibility index (Phi) is 5.44. The third kappa shape index (κ3) is 3.21. The van der Waals surface area contributed by atoms with Crippen LogP contribution in [0, 0.1) is 0 Å². The number of carbonyl (C=O) groups excluding carboxylic acids is 2. The maximum Gasteiger partial charge on any atom is 0.222 e. The molecule has 0 amide bonds. The quantitative estimate of drug-likeness (QED) is 0.608. The number of ketones is 2. The molecule has 0 unspecified atom stereocenters. The third-order valence-corrected chi connectivity index (χ3v) is 5.88. The normalized spacial score (nSPS) is 17.3. The van der Waals surface area contributed by atoms with Crippen molar-refractivity contribution in [2.75, 3.05) is 13.7 Å². The molecule has 0 bridgehead atoms. The van der Waals surface area contributed by atoms with Gasteiger partial charge in [-0.05, 0) is 36.0 Å². The predicted octanol–water partition coefficient (Wildman–Crippen LogP) is 5.39. The van der Waals surface area contributed by atoms with E-state index in [1.54, 1.807) is 30.3 Å². The molecule has 2 aliphatic rings. The monoisotopic (exact) mass is 402 g/mol. The Bertz CT molecular complexity index is 1020. The molecule has 0 aliphatic heterocycles. The van der Waals surface area contributed by atoms with Gasteiger partial charge in [0.2, 0.25) is 17.2 Å². The van der Waals surface area contributed by atoms with Crippen molar-refractivity contribution in [2.24, 2.45) is 0 Å². The number of rotatable bonds is 6. The van der Waals surface area contributed by atoms with Gasteiger partial charge in [0.15, 0.2) is 0 Å². The summed E-state index contributed by atoms with van der Waals surface area (Å²) in [7, 11) is 1.41. The van der Waals surface area contributed by atoms with Crippen molar-refractivity contribution in [3.05, 3.63) is 88.5 Å². The fourth-order valence-electron chi connectivity index (χ4n) is 4.15. The van der Waals surface area contributed by atoms with E-state index in [1.165, 1.54) is 7.11 Å². The van der Waals surface area contributed by atoms with Crippen LogP contribution in [0.5, 0.6) is 5.75 Å². The van der Waals surface area contributed by atoms with E-state index < -0.39 is 5.60 Å². The van der Waals surface area contributed by atoms with Gasteiger partial charge in [-0.25, -0.2) is 0 Å². The van der Waals surface area contributed by atoms with Crippen molar-refractivity contribution < 1.29 is 19.1 Å². The molecule has 0 saturated carbocycles. The van der Waals surface area contributed by atoms with E-state index in [0.717, 1.165) is 24.0 Å². The molecule has 0 aromatic heterocycles.